The van der Waals surface area contributed by atoms with Gasteiger partial charge in [-0.2, -0.15) is 5.26 Å². The molecule has 53 heavy (non-hydrogen) atoms. The van der Waals surface area contributed by atoms with E-state index in [4.69, 9.17) is 28.0 Å². The predicted octanol–water partition coefficient (Wildman–Crippen LogP) is 6.46. The van der Waals surface area contributed by atoms with E-state index >= 15 is 4.39 Å². The summed E-state index contributed by atoms with van der Waals surface area (Å²) in [6.07, 6.45) is -4.44. The monoisotopic (exact) mass is 748 g/mol. The third-order valence-electron chi connectivity index (χ3n) is 8.90. The summed E-state index contributed by atoms with van der Waals surface area (Å²) in [6.45, 7) is 7.77. The standard InChI is InChI=1S/C39H46FN4O8P/c1-26(2)44(27(3)4)53(50-24-10-22-41)52-36-33(51-37(35(36)40)43-23-21-34(45)42-38(43)46)25-49-39(28-11-8-7-9-12-28,29-13-17-31(47-5)18-14-29)30-15-19-32(48-6)20-16-30/h7-9,11-21,23,26-27,33,35-37H,10,24-25H2,1-6H3,(H,42,45,46)/t33-,35-,36-,37-,53?/m0/s1. The lowest BCUT2D eigenvalue weighted by atomic mass is 9.80. The fraction of sp³-hybridized carbons (Fsp3) is 0.410. The van der Waals surface area contributed by atoms with E-state index in [1.54, 1.807) is 14.2 Å². The number of hydrogen-bond acceptors (Lipinski definition) is 10. The highest BCUT2D eigenvalue weighted by atomic mass is 31.2. The van der Waals surface area contributed by atoms with Crippen LogP contribution in [0.3, 0.4) is 0 Å². The van der Waals surface area contributed by atoms with Gasteiger partial charge in [0.05, 0.1) is 39.9 Å². The van der Waals surface area contributed by atoms with Gasteiger partial charge in [0.15, 0.2) is 12.4 Å². The topological polar surface area (TPSA) is 137 Å². The van der Waals surface area contributed by atoms with E-state index in [1.807, 2.05) is 111 Å². The van der Waals surface area contributed by atoms with E-state index in [2.05, 4.69) is 11.1 Å². The van der Waals surface area contributed by atoms with Gasteiger partial charge in [-0.05, 0) is 68.7 Å². The molecule has 0 amide bonds. The molecule has 1 unspecified atom stereocenters. The molecule has 12 nitrogen and oxygen atoms in total. The van der Waals surface area contributed by atoms with Gasteiger partial charge in [-0.3, -0.25) is 14.3 Å². The van der Waals surface area contributed by atoms with Crippen molar-refractivity contribution in [3.8, 4) is 17.6 Å². The van der Waals surface area contributed by atoms with Gasteiger partial charge >= 0.3 is 5.69 Å². The molecule has 0 spiro atoms. The number of nitriles is 1. The fourth-order valence-electron chi connectivity index (χ4n) is 6.49. The normalized spacial score (nSPS) is 19.4. The zero-order valence-corrected chi connectivity index (χ0v) is 31.6. The van der Waals surface area contributed by atoms with Crippen LogP contribution in [0.5, 0.6) is 11.5 Å². The smallest absolute Gasteiger partial charge is 0.330 e. The third-order valence-corrected chi connectivity index (χ3v) is 11.0. The number of aromatic nitrogens is 2. The molecule has 5 rings (SSSR count). The van der Waals surface area contributed by atoms with Crippen molar-refractivity contribution in [1.29, 1.82) is 5.26 Å². The van der Waals surface area contributed by atoms with Crippen LogP contribution in [0.25, 0.3) is 0 Å². The van der Waals surface area contributed by atoms with E-state index in [0.717, 1.165) is 27.3 Å². The van der Waals surface area contributed by atoms with Crippen molar-refractivity contribution in [1.82, 2.24) is 14.2 Å². The van der Waals surface area contributed by atoms with Gasteiger partial charge in [0, 0.05) is 24.3 Å². The predicted molar refractivity (Wildman–Crippen MR) is 198 cm³/mol. The molecular formula is C39H46FN4O8P. The first-order valence-electron chi connectivity index (χ1n) is 17.4. The molecule has 1 fully saturated rings. The van der Waals surface area contributed by atoms with Gasteiger partial charge in [0.1, 0.15) is 29.3 Å². The zero-order chi connectivity index (χ0) is 38.1. The summed E-state index contributed by atoms with van der Waals surface area (Å²) in [5.74, 6) is 1.30. The molecule has 1 aliphatic rings. The number of aromatic amines is 1. The van der Waals surface area contributed by atoms with Crippen LogP contribution in [0.4, 0.5) is 4.39 Å². The van der Waals surface area contributed by atoms with Gasteiger partial charge in [0.2, 0.25) is 0 Å². The van der Waals surface area contributed by atoms with Crippen LogP contribution in [-0.2, 0) is 24.1 Å². The number of rotatable bonds is 17. The van der Waals surface area contributed by atoms with Crippen LogP contribution in [0.2, 0.25) is 0 Å². The first-order valence-corrected chi connectivity index (χ1v) is 18.5. The van der Waals surface area contributed by atoms with E-state index in [0.29, 0.717) is 11.5 Å². The second-order valence-corrected chi connectivity index (χ2v) is 14.4. The summed E-state index contributed by atoms with van der Waals surface area (Å²) in [6, 6.07) is 27.7. The van der Waals surface area contributed by atoms with Crippen LogP contribution in [0.15, 0.2) is 101 Å². The molecule has 0 radical (unpaired) electrons. The zero-order valence-electron chi connectivity index (χ0n) is 30.7. The minimum Gasteiger partial charge on any atom is -0.497 e. The number of alkyl halides is 1. The Morgan fingerprint density at radius 2 is 1.47 bits per heavy atom. The molecule has 1 aliphatic heterocycles. The third kappa shape index (κ3) is 8.87. The van der Waals surface area contributed by atoms with E-state index in [1.165, 1.54) is 6.20 Å². The first kappa shape index (κ1) is 39.8. The summed E-state index contributed by atoms with van der Waals surface area (Å²) in [5.41, 5.74) is -0.435. The van der Waals surface area contributed by atoms with Crippen molar-refractivity contribution >= 4 is 8.53 Å². The molecule has 3 aromatic carbocycles. The molecule has 2 heterocycles. The minimum atomic E-state index is -1.93. The number of nitrogens with one attached hydrogen (secondary N) is 1. The number of halogens is 1. The van der Waals surface area contributed by atoms with Gasteiger partial charge < -0.3 is 28.0 Å². The second-order valence-electron chi connectivity index (χ2n) is 13.0. The Kier molecular flexibility index (Phi) is 13.6. The minimum absolute atomic E-state index is 0.0632. The van der Waals surface area contributed by atoms with Crippen LogP contribution < -0.4 is 20.7 Å². The number of benzene rings is 3. The molecule has 1 saturated heterocycles. The van der Waals surface area contributed by atoms with Crippen LogP contribution in [0, 0.1) is 11.3 Å². The van der Waals surface area contributed by atoms with Gasteiger partial charge in [0.25, 0.3) is 14.1 Å². The van der Waals surface area contributed by atoms with Gasteiger partial charge in [-0.15, -0.1) is 0 Å². The Balaban J connectivity index is 1.62. The number of nitrogens with zero attached hydrogens (tertiary/aromatic N) is 3. The van der Waals surface area contributed by atoms with Crippen molar-refractivity contribution in [2.24, 2.45) is 0 Å². The molecule has 4 aromatic rings. The maximum Gasteiger partial charge on any atom is 0.330 e. The van der Waals surface area contributed by atoms with E-state index < -0.39 is 50.0 Å². The number of H-pyrrole nitrogens is 1. The molecule has 5 atom stereocenters. The molecule has 0 aliphatic carbocycles. The maximum atomic E-state index is 16.9. The van der Waals surface area contributed by atoms with Crippen LogP contribution >= 0.6 is 8.53 Å². The lowest BCUT2D eigenvalue weighted by Gasteiger charge is -2.39. The SMILES string of the molecule is COc1ccc(C(OC[C@@H]2O[C@H](n3ccc(=O)[nH]c3=O)[C@@H](F)[C@H]2OP(OCCC#N)N(C(C)C)C(C)C)(c2ccccc2)c2ccc(OC)cc2)cc1. The number of ether oxygens (including phenoxy) is 4. The number of hydrogen-bond donors (Lipinski definition) is 1. The Hall–Kier alpha value is -4.41. The Bertz CT molecular complexity index is 1860. The average molecular weight is 749 g/mol. The second kappa shape index (κ2) is 18.1. The van der Waals surface area contributed by atoms with Crippen molar-refractivity contribution in [2.45, 2.75) is 76.4 Å². The van der Waals surface area contributed by atoms with Crippen molar-refractivity contribution < 1.29 is 32.4 Å². The van der Waals surface area contributed by atoms with E-state index in [-0.39, 0.29) is 31.7 Å². The van der Waals surface area contributed by atoms with Gasteiger partial charge in [-0.25, -0.2) is 13.9 Å². The maximum absolute atomic E-state index is 16.9. The molecule has 0 bridgehead atoms. The summed E-state index contributed by atoms with van der Waals surface area (Å²) in [4.78, 5) is 27.1. The molecule has 0 saturated carbocycles. The molecular weight excluding hydrogens is 702 g/mol. The van der Waals surface area contributed by atoms with Crippen molar-refractivity contribution in [3.05, 3.63) is 129 Å². The largest absolute Gasteiger partial charge is 0.497 e. The van der Waals surface area contributed by atoms with Crippen LogP contribution in [-0.4, -0.2) is 72.1 Å². The summed E-state index contributed by atoms with van der Waals surface area (Å²) in [5, 5.41) is 9.25. The van der Waals surface area contributed by atoms with E-state index in [9.17, 15) is 14.9 Å². The highest BCUT2D eigenvalue weighted by molar-refractivity contribution is 7.44. The fourth-order valence-corrected chi connectivity index (χ4v) is 8.25. The average Bonchev–Trinajstić information content (AvgIpc) is 3.46. The highest BCUT2D eigenvalue weighted by Gasteiger charge is 2.51. The summed E-state index contributed by atoms with van der Waals surface area (Å²) >= 11 is 0. The Morgan fingerprint density at radius 3 is 1.98 bits per heavy atom. The van der Waals surface area contributed by atoms with Gasteiger partial charge in [-0.1, -0.05) is 54.6 Å². The first-order chi connectivity index (χ1) is 25.5. The van der Waals surface area contributed by atoms with Crippen molar-refractivity contribution in [2.75, 3.05) is 27.4 Å². The quantitative estimate of drug-likeness (QED) is 0.0728. The summed E-state index contributed by atoms with van der Waals surface area (Å²) in [7, 11) is 1.25. The molecule has 282 valence electrons. The lowest BCUT2D eigenvalue weighted by molar-refractivity contribution is -0.0934. The summed E-state index contributed by atoms with van der Waals surface area (Å²) < 4.78 is 57.0. The molecule has 1 aromatic heterocycles. The highest BCUT2D eigenvalue weighted by Crippen LogP contribution is 2.51. The Labute approximate surface area is 310 Å². The number of methoxy groups -OCH3 is 2. The molecule has 1 N–H and O–H groups in total. The van der Waals surface area contributed by atoms with Crippen molar-refractivity contribution in [3.63, 3.8) is 0 Å². The molecule has 14 heteroatoms. The van der Waals surface area contributed by atoms with Crippen LogP contribution in [0.1, 0.15) is 57.0 Å². The lowest BCUT2D eigenvalue weighted by Crippen LogP contribution is -2.41. The Morgan fingerprint density at radius 1 is 0.906 bits per heavy atom.